The van der Waals surface area contributed by atoms with E-state index in [0.29, 0.717) is 5.92 Å². The zero-order chi connectivity index (χ0) is 13.5. The van der Waals surface area contributed by atoms with Gasteiger partial charge >= 0.3 is 0 Å². The van der Waals surface area contributed by atoms with Gasteiger partial charge in [-0.1, -0.05) is 17.8 Å². The van der Waals surface area contributed by atoms with E-state index in [9.17, 15) is 5.11 Å². The Kier molecular flexibility index (Phi) is 2.78. The average molecular weight is 286 g/mol. The highest BCUT2D eigenvalue weighted by Gasteiger charge is 2.25. The first-order valence-corrected chi connectivity index (χ1v) is 7.58. The van der Waals surface area contributed by atoms with Crippen molar-refractivity contribution < 1.29 is 5.11 Å². The van der Waals surface area contributed by atoms with Gasteiger partial charge in [-0.15, -0.1) is 0 Å². The van der Waals surface area contributed by atoms with E-state index < -0.39 is 0 Å². The zero-order valence-corrected chi connectivity index (χ0v) is 11.7. The molecule has 3 heterocycles. The maximum atomic E-state index is 9.67. The Bertz CT molecular complexity index is 745. The minimum absolute atomic E-state index is 0.0702. The zero-order valence-electron chi connectivity index (χ0n) is 10.9. The summed E-state index contributed by atoms with van der Waals surface area (Å²) in [7, 11) is 0. The molecule has 0 aliphatic heterocycles. The lowest BCUT2D eigenvalue weighted by Gasteiger charge is -2.21. The van der Waals surface area contributed by atoms with Gasteiger partial charge in [0.25, 0.3) is 0 Å². The molecular formula is C14H14N4OS. The van der Waals surface area contributed by atoms with Gasteiger partial charge in [-0.3, -0.25) is 4.98 Å². The molecule has 0 radical (unpaired) electrons. The van der Waals surface area contributed by atoms with Crippen molar-refractivity contribution in [3.63, 3.8) is 0 Å². The summed E-state index contributed by atoms with van der Waals surface area (Å²) >= 11 is 1.64. The molecular weight excluding hydrogens is 272 g/mol. The second-order valence-electron chi connectivity index (χ2n) is 5.07. The lowest BCUT2D eigenvalue weighted by molar-refractivity contribution is 0.274. The first kappa shape index (κ1) is 12.0. The van der Waals surface area contributed by atoms with Gasteiger partial charge in [0.1, 0.15) is 5.01 Å². The van der Waals surface area contributed by atoms with Crippen molar-refractivity contribution in [2.75, 3.05) is 0 Å². The molecule has 0 aromatic carbocycles. The summed E-state index contributed by atoms with van der Waals surface area (Å²) in [5.41, 5.74) is 2.44. The summed E-state index contributed by atoms with van der Waals surface area (Å²) in [6.07, 6.45) is 7.23. The van der Waals surface area contributed by atoms with E-state index in [0.717, 1.165) is 26.9 Å². The van der Waals surface area contributed by atoms with Crippen LogP contribution in [0.4, 0.5) is 0 Å². The highest BCUT2D eigenvalue weighted by Crippen LogP contribution is 2.39. The SMILES string of the molecule is OCc1c(-c2cccnc2)nc2sc(C3CCC3)nn12. The molecule has 0 bridgehead atoms. The van der Waals surface area contributed by atoms with Crippen molar-refractivity contribution >= 4 is 16.3 Å². The van der Waals surface area contributed by atoms with Crippen LogP contribution in [0.5, 0.6) is 0 Å². The molecule has 102 valence electrons. The molecule has 20 heavy (non-hydrogen) atoms. The Hall–Kier alpha value is -1.79. The fourth-order valence-electron chi connectivity index (χ4n) is 2.50. The third-order valence-electron chi connectivity index (χ3n) is 3.85. The van der Waals surface area contributed by atoms with E-state index >= 15 is 0 Å². The molecule has 1 aliphatic carbocycles. The number of aromatic nitrogens is 4. The molecule has 0 atom stereocenters. The Morgan fingerprint density at radius 1 is 1.40 bits per heavy atom. The van der Waals surface area contributed by atoms with Gasteiger partial charge in [0, 0.05) is 23.9 Å². The summed E-state index contributed by atoms with van der Waals surface area (Å²) in [6.45, 7) is -0.0702. The highest BCUT2D eigenvalue weighted by atomic mass is 32.1. The summed E-state index contributed by atoms with van der Waals surface area (Å²) in [6, 6.07) is 3.82. The minimum Gasteiger partial charge on any atom is -0.390 e. The van der Waals surface area contributed by atoms with Crippen LogP contribution in [0.1, 0.15) is 35.9 Å². The number of aliphatic hydroxyl groups is 1. The Morgan fingerprint density at radius 3 is 2.95 bits per heavy atom. The molecule has 1 saturated carbocycles. The smallest absolute Gasteiger partial charge is 0.213 e. The van der Waals surface area contributed by atoms with Gasteiger partial charge in [0.05, 0.1) is 18.0 Å². The third kappa shape index (κ3) is 1.76. The predicted molar refractivity (Wildman–Crippen MR) is 76.6 cm³/mol. The van der Waals surface area contributed by atoms with Gasteiger partial charge < -0.3 is 5.11 Å². The Labute approximate surface area is 119 Å². The molecule has 5 nitrogen and oxygen atoms in total. The monoisotopic (exact) mass is 286 g/mol. The lowest BCUT2D eigenvalue weighted by Crippen LogP contribution is -2.09. The van der Waals surface area contributed by atoms with Crippen molar-refractivity contribution in [1.82, 2.24) is 19.6 Å². The van der Waals surface area contributed by atoms with Crippen molar-refractivity contribution in [2.45, 2.75) is 31.8 Å². The van der Waals surface area contributed by atoms with Crippen LogP contribution in [0, 0.1) is 0 Å². The second kappa shape index (κ2) is 4.64. The number of hydrogen-bond donors (Lipinski definition) is 1. The number of pyridine rings is 1. The van der Waals surface area contributed by atoms with E-state index in [1.807, 2.05) is 12.1 Å². The van der Waals surface area contributed by atoms with Crippen LogP contribution < -0.4 is 0 Å². The van der Waals surface area contributed by atoms with Crippen molar-refractivity contribution in [2.24, 2.45) is 0 Å². The van der Waals surface area contributed by atoms with E-state index in [-0.39, 0.29) is 6.61 Å². The fraction of sp³-hybridized carbons (Fsp3) is 0.357. The lowest BCUT2D eigenvalue weighted by atomic mass is 9.86. The molecule has 0 unspecified atom stereocenters. The number of fused-ring (bicyclic) bond motifs is 1. The summed E-state index contributed by atoms with van der Waals surface area (Å²) in [4.78, 5) is 9.60. The molecule has 0 spiro atoms. The number of rotatable bonds is 3. The quantitative estimate of drug-likeness (QED) is 0.804. The molecule has 3 aromatic rings. The molecule has 4 rings (SSSR count). The van der Waals surface area contributed by atoms with Crippen LogP contribution in [0.2, 0.25) is 0 Å². The van der Waals surface area contributed by atoms with Crippen molar-refractivity contribution in [1.29, 1.82) is 0 Å². The van der Waals surface area contributed by atoms with Crippen LogP contribution in [0.3, 0.4) is 0 Å². The molecule has 1 aliphatic rings. The van der Waals surface area contributed by atoms with E-state index in [1.165, 1.54) is 19.3 Å². The largest absolute Gasteiger partial charge is 0.390 e. The van der Waals surface area contributed by atoms with Gasteiger partial charge in [0.15, 0.2) is 0 Å². The molecule has 0 saturated heterocycles. The summed E-state index contributed by atoms with van der Waals surface area (Å²) in [5, 5.41) is 15.5. The van der Waals surface area contributed by atoms with Crippen molar-refractivity contribution in [3.05, 3.63) is 35.2 Å². The maximum Gasteiger partial charge on any atom is 0.213 e. The van der Waals surface area contributed by atoms with Crippen LogP contribution in [0.15, 0.2) is 24.5 Å². The summed E-state index contributed by atoms with van der Waals surface area (Å²) < 4.78 is 1.79. The third-order valence-corrected chi connectivity index (χ3v) is 4.92. The Balaban J connectivity index is 1.84. The van der Waals surface area contributed by atoms with Gasteiger partial charge in [-0.2, -0.15) is 5.10 Å². The van der Waals surface area contributed by atoms with Gasteiger partial charge in [-0.25, -0.2) is 9.50 Å². The summed E-state index contributed by atoms with van der Waals surface area (Å²) in [5.74, 6) is 0.593. The van der Waals surface area contributed by atoms with Crippen LogP contribution in [-0.2, 0) is 6.61 Å². The first-order valence-electron chi connectivity index (χ1n) is 6.76. The molecule has 1 fully saturated rings. The van der Waals surface area contributed by atoms with E-state index in [2.05, 4.69) is 15.1 Å². The van der Waals surface area contributed by atoms with Crippen molar-refractivity contribution in [3.8, 4) is 11.3 Å². The first-order chi connectivity index (χ1) is 9.86. The fourth-order valence-corrected chi connectivity index (χ4v) is 3.59. The second-order valence-corrected chi connectivity index (χ2v) is 6.06. The molecule has 1 N–H and O–H groups in total. The number of nitrogens with zero attached hydrogens (tertiary/aromatic N) is 4. The topological polar surface area (TPSA) is 63.3 Å². The molecule has 3 aromatic heterocycles. The number of aliphatic hydroxyl groups excluding tert-OH is 1. The highest BCUT2D eigenvalue weighted by molar-refractivity contribution is 7.16. The normalized spacial score (nSPS) is 15.7. The molecule has 6 heteroatoms. The van der Waals surface area contributed by atoms with Crippen LogP contribution in [0.25, 0.3) is 16.2 Å². The molecule has 0 amide bonds. The minimum atomic E-state index is -0.0702. The van der Waals surface area contributed by atoms with Crippen LogP contribution in [-0.4, -0.2) is 24.7 Å². The number of hydrogen-bond acceptors (Lipinski definition) is 5. The standard InChI is InChI=1S/C14H14N4OS/c19-8-11-12(10-5-2-6-15-7-10)16-14-18(11)17-13(20-14)9-3-1-4-9/h2,5-7,9,19H,1,3-4,8H2. The van der Waals surface area contributed by atoms with Crippen LogP contribution >= 0.6 is 11.3 Å². The maximum absolute atomic E-state index is 9.67. The average Bonchev–Trinajstić information content (AvgIpc) is 2.94. The Morgan fingerprint density at radius 2 is 2.30 bits per heavy atom. The predicted octanol–water partition coefficient (Wildman–Crippen LogP) is 2.61. The van der Waals surface area contributed by atoms with E-state index in [4.69, 9.17) is 0 Å². The van der Waals surface area contributed by atoms with Gasteiger partial charge in [0.2, 0.25) is 4.96 Å². The number of imidazole rings is 1. The van der Waals surface area contributed by atoms with E-state index in [1.54, 1.807) is 28.2 Å². The van der Waals surface area contributed by atoms with Gasteiger partial charge in [-0.05, 0) is 25.0 Å².